The van der Waals surface area contributed by atoms with Gasteiger partial charge in [-0.25, -0.2) is 4.98 Å². The Morgan fingerprint density at radius 1 is 1.04 bits per heavy atom. The van der Waals surface area contributed by atoms with Crippen LogP contribution in [0.25, 0.3) is 45.6 Å². The lowest BCUT2D eigenvalue weighted by Gasteiger charge is -2.23. The number of carbonyl (C=O) groups is 1. The highest BCUT2D eigenvalue weighted by atomic mass is 19.4. The van der Waals surface area contributed by atoms with Crippen LogP contribution in [0.2, 0.25) is 0 Å². The average Bonchev–Trinajstić information content (AvgIpc) is 3.66. The van der Waals surface area contributed by atoms with Crippen LogP contribution in [-0.4, -0.2) is 50.7 Å². The molecular weight excluding hydrogens is 615 g/mol. The zero-order valence-electron chi connectivity index (χ0n) is 27.6. The summed E-state index contributed by atoms with van der Waals surface area (Å²) in [7, 11) is 3.58. The molecule has 0 radical (unpaired) electrons. The Bertz CT molecular complexity index is 2040. The van der Waals surface area contributed by atoms with E-state index in [0.29, 0.717) is 34.9 Å². The number of hydrogen-bond donors (Lipinski definition) is 1. The average molecular weight is 656 g/mol. The number of halogens is 3. The molecule has 1 amide bonds. The molecule has 5 aromatic rings. The largest absolute Gasteiger partial charge is 0.494 e. The molecule has 10 heteroatoms. The van der Waals surface area contributed by atoms with Gasteiger partial charge in [-0.15, -0.1) is 0 Å². The first-order valence-electron chi connectivity index (χ1n) is 16.6. The van der Waals surface area contributed by atoms with Crippen LogP contribution in [0.5, 0.6) is 5.75 Å². The molecule has 1 saturated carbocycles. The first kappa shape index (κ1) is 32.0. The minimum Gasteiger partial charge on any atom is -0.494 e. The molecule has 3 heterocycles. The lowest BCUT2D eigenvalue weighted by atomic mass is 9.98. The molecule has 48 heavy (non-hydrogen) atoms. The van der Waals surface area contributed by atoms with Gasteiger partial charge in [-0.05, 0) is 79.1 Å². The predicted molar refractivity (Wildman–Crippen MR) is 184 cm³/mol. The number of hydrogen-bond acceptors (Lipinski definition) is 4. The van der Waals surface area contributed by atoms with E-state index in [2.05, 4.69) is 29.7 Å². The summed E-state index contributed by atoms with van der Waals surface area (Å²) in [5.74, 6) is 2.14. The fraction of sp³-hybridized carbons (Fsp3) is 0.368. The van der Waals surface area contributed by atoms with Gasteiger partial charge in [-0.1, -0.05) is 49.8 Å². The smallest absolute Gasteiger partial charge is 0.416 e. The maximum atomic E-state index is 13.8. The summed E-state index contributed by atoms with van der Waals surface area (Å²) < 4.78 is 49.2. The van der Waals surface area contributed by atoms with E-state index in [1.54, 1.807) is 7.11 Å². The minimum atomic E-state index is -4.36. The summed E-state index contributed by atoms with van der Waals surface area (Å²) >= 11 is 0. The fourth-order valence-electron chi connectivity index (χ4n) is 7.09. The van der Waals surface area contributed by atoms with Crippen LogP contribution in [-0.2, 0) is 19.8 Å². The third-order valence-electron chi connectivity index (χ3n) is 10.2. The number of carbonyl (C=O) groups excluding carboxylic acids is 1. The molecule has 7 nitrogen and oxygen atoms in total. The molecule has 2 unspecified atom stereocenters. The van der Waals surface area contributed by atoms with E-state index in [4.69, 9.17) is 15.5 Å². The maximum Gasteiger partial charge on any atom is 0.416 e. The van der Waals surface area contributed by atoms with Gasteiger partial charge in [0.15, 0.2) is 5.82 Å². The molecule has 3 aromatic carbocycles. The lowest BCUT2D eigenvalue weighted by molar-refractivity contribution is -0.137. The van der Waals surface area contributed by atoms with E-state index in [1.165, 1.54) is 25.0 Å². The molecule has 2 aromatic heterocycles. The van der Waals surface area contributed by atoms with Crippen LogP contribution in [0.1, 0.15) is 60.2 Å². The van der Waals surface area contributed by atoms with E-state index in [0.717, 1.165) is 58.6 Å². The van der Waals surface area contributed by atoms with Gasteiger partial charge >= 0.3 is 6.18 Å². The third-order valence-corrected chi connectivity index (χ3v) is 10.2. The standard InChI is InChI=1S/C38H40F3N5O2/c1-5-26-21-45(22(2)34(26)42)37(47)28-17-30-35(33(19-28)48-4)44(3)36(43-30)32-18-27-13-10-24(16-31(27)46(32)20-25-8-9-25)7-6-23-11-14-29(15-12-23)38(39,40)41/h6-7,10-19,22,25-26,34H,5,8-9,20-21,42H2,1-4H3/b7-6+/t22?,26-,34?/m1/s1. The molecule has 2 fully saturated rings. The number of aromatic nitrogens is 3. The van der Waals surface area contributed by atoms with Crippen molar-refractivity contribution in [2.75, 3.05) is 13.7 Å². The van der Waals surface area contributed by atoms with Gasteiger partial charge in [0.05, 0.1) is 23.9 Å². The van der Waals surface area contributed by atoms with E-state index in [1.807, 2.05) is 53.8 Å². The van der Waals surface area contributed by atoms with Crippen LogP contribution in [0, 0.1) is 11.8 Å². The molecule has 1 aliphatic heterocycles. The van der Waals surface area contributed by atoms with Crippen LogP contribution < -0.4 is 10.5 Å². The van der Waals surface area contributed by atoms with Gasteiger partial charge in [0.2, 0.25) is 0 Å². The van der Waals surface area contributed by atoms with E-state index < -0.39 is 11.7 Å². The highest BCUT2D eigenvalue weighted by Gasteiger charge is 2.39. The SMILES string of the molecule is CC[C@@H]1CN(C(=O)c2cc(OC)c3c(c2)nc(-c2cc4ccc(/C=C/c5ccc(C(F)(F)F)cc5)cc4n2CC2CC2)n3C)C(C)C1N. The van der Waals surface area contributed by atoms with E-state index >= 15 is 0 Å². The van der Waals surface area contributed by atoms with Crippen molar-refractivity contribution in [2.45, 2.75) is 57.9 Å². The number of aryl methyl sites for hydroxylation is 1. The molecule has 1 aliphatic carbocycles. The molecule has 2 aliphatic rings. The molecule has 0 spiro atoms. The number of likely N-dealkylation sites (tertiary alicyclic amines) is 1. The number of fused-ring (bicyclic) bond motifs is 2. The van der Waals surface area contributed by atoms with Crippen molar-refractivity contribution >= 4 is 40.0 Å². The monoisotopic (exact) mass is 655 g/mol. The summed E-state index contributed by atoms with van der Waals surface area (Å²) in [5, 5.41) is 1.07. The first-order chi connectivity index (χ1) is 23.0. The van der Waals surface area contributed by atoms with Crippen molar-refractivity contribution in [1.82, 2.24) is 19.0 Å². The van der Waals surface area contributed by atoms with Crippen molar-refractivity contribution in [3.63, 3.8) is 0 Å². The molecule has 2 N–H and O–H groups in total. The van der Waals surface area contributed by atoms with Gasteiger partial charge in [0.1, 0.15) is 11.3 Å². The van der Waals surface area contributed by atoms with Crippen LogP contribution >= 0.6 is 0 Å². The molecule has 3 atom stereocenters. The Morgan fingerprint density at radius 2 is 1.75 bits per heavy atom. The second-order valence-corrected chi connectivity index (χ2v) is 13.3. The summed E-state index contributed by atoms with van der Waals surface area (Å²) in [6.07, 6.45) is 2.66. The van der Waals surface area contributed by atoms with E-state index in [9.17, 15) is 18.0 Å². The number of rotatable bonds is 8. The zero-order valence-corrected chi connectivity index (χ0v) is 27.6. The van der Waals surface area contributed by atoms with Crippen molar-refractivity contribution in [2.24, 2.45) is 24.6 Å². The number of ether oxygens (including phenoxy) is 1. The molecular formula is C38H40F3N5O2. The lowest BCUT2D eigenvalue weighted by Crippen LogP contribution is -2.41. The number of nitrogens with two attached hydrogens (primary N) is 1. The second-order valence-electron chi connectivity index (χ2n) is 13.3. The number of alkyl halides is 3. The zero-order chi connectivity index (χ0) is 33.9. The minimum absolute atomic E-state index is 0.0553. The van der Waals surface area contributed by atoms with E-state index in [-0.39, 0.29) is 23.9 Å². The fourth-order valence-corrected chi connectivity index (χ4v) is 7.09. The van der Waals surface area contributed by atoms with Gasteiger partial charge in [-0.3, -0.25) is 4.79 Å². The quantitative estimate of drug-likeness (QED) is 0.172. The Hall–Kier alpha value is -4.57. The summed E-state index contributed by atoms with van der Waals surface area (Å²) in [6, 6.07) is 17.1. The number of benzene rings is 3. The number of nitrogens with zero attached hydrogens (tertiary/aromatic N) is 4. The maximum absolute atomic E-state index is 13.8. The predicted octanol–water partition coefficient (Wildman–Crippen LogP) is 8.00. The molecule has 0 bridgehead atoms. The highest BCUT2D eigenvalue weighted by molar-refractivity contribution is 6.00. The number of imidazole rings is 1. The molecule has 250 valence electrons. The van der Waals surface area contributed by atoms with Gasteiger partial charge in [0, 0.05) is 48.7 Å². The number of amides is 1. The summed E-state index contributed by atoms with van der Waals surface area (Å²) in [6.45, 7) is 5.61. The Labute approximate surface area is 277 Å². The first-order valence-corrected chi connectivity index (χ1v) is 16.6. The van der Waals surface area contributed by atoms with Crippen molar-refractivity contribution in [1.29, 1.82) is 0 Å². The normalized spacial score (nSPS) is 20.1. The van der Waals surface area contributed by atoms with Gasteiger partial charge in [0.25, 0.3) is 5.91 Å². The summed E-state index contributed by atoms with van der Waals surface area (Å²) in [5.41, 5.74) is 11.5. The third kappa shape index (κ3) is 5.76. The Kier molecular flexibility index (Phi) is 8.10. The highest BCUT2D eigenvalue weighted by Crippen LogP contribution is 2.39. The molecule has 1 saturated heterocycles. The topological polar surface area (TPSA) is 78.3 Å². The van der Waals surface area contributed by atoms with Crippen LogP contribution in [0.3, 0.4) is 0 Å². The van der Waals surface area contributed by atoms with Gasteiger partial charge in [-0.2, -0.15) is 13.2 Å². The van der Waals surface area contributed by atoms with Crippen molar-refractivity contribution in [3.05, 3.63) is 82.9 Å². The number of methoxy groups -OCH3 is 1. The van der Waals surface area contributed by atoms with Crippen molar-refractivity contribution in [3.8, 4) is 17.3 Å². The van der Waals surface area contributed by atoms with Crippen LogP contribution in [0.4, 0.5) is 13.2 Å². The Balaban J connectivity index is 1.26. The molecule has 7 rings (SSSR count). The Morgan fingerprint density at radius 3 is 2.40 bits per heavy atom. The second kappa shape index (κ2) is 12.1. The van der Waals surface area contributed by atoms with Gasteiger partial charge < -0.3 is 24.5 Å². The van der Waals surface area contributed by atoms with Crippen LogP contribution in [0.15, 0.2) is 60.7 Å². The van der Waals surface area contributed by atoms with Crippen molar-refractivity contribution < 1.29 is 22.7 Å². The summed E-state index contributed by atoms with van der Waals surface area (Å²) in [4.78, 5) is 20.8.